The van der Waals surface area contributed by atoms with Gasteiger partial charge in [0.15, 0.2) is 0 Å². The van der Waals surface area contributed by atoms with Gasteiger partial charge < -0.3 is 43.6 Å². The van der Waals surface area contributed by atoms with Gasteiger partial charge in [0.1, 0.15) is 8.07 Å². The van der Waals surface area contributed by atoms with Gasteiger partial charge in [-0.3, -0.25) is 0 Å². The van der Waals surface area contributed by atoms with Crippen molar-refractivity contribution < 1.29 is 58.9 Å². The molecule has 0 amide bonds. The molecule has 3 aliphatic rings. The van der Waals surface area contributed by atoms with Crippen LogP contribution in [-0.4, -0.2) is 8.07 Å². The SMILES string of the molecule is Cc1cc(C)cc([Si](c2cc(C)cc(C)c2)(c2cc(C)cc(C)c2)C2C3C=CC=CC3C3CCC[CH-]C32)c1.[Cl-].[Cl-].[Cl-].[Ti+4]. The molecule has 0 bridgehead atoms. The van der Waals surface area contributed by atoms with Crippen molar-refractivity contribution in [3.8, 4) is 0 Å². The molecule has 0 aliphatic heterocycles. The Morgan fingerprint density at radius 2 is 0.952 bits per heavy atom. The molecule has 0 heterocycles. The molecule has 3 aromatic carbocycles. The monoisotopic (exact) mass is 668 g/mol. The van der Waals surface area contributed by atoms with Crippen LogP contribution in [0.15, 0.2) is 78.9 Å². The van der Waals surface area contributed by atoms with E-state index in [1.165, 1.54) is 52.6 Å². The normalized spacial score (nSPS) is 23.8. The Hall–Kier alpha value is -1.06. The van der Waals surface area contributed by atoms with Crippen molar-refractivity contribution in [2.45, 2.75) is 66.3 Å². The van der Waals surface area contributed by atoms with Crippen molar-refractivity contribution in [2.75, 3.05) is 0 Å². The average Bonchev–Trinajstić information content (AvgIpc) is 3.18. The summed E-state index contributed by atoms with van der Waals surface area (Å²) in [5, 5.41) is 4.82. The first-order valence-corrected chi connectivity index (χ1v) is 16.8. The van der Waals surface area contributed by atoms with E-state index in [2.05, 4.69) is 127 Å². The third kappa shape index (κ3) is 6.49. The molecular weight excluding hydrogens is 627 g/mol. The fourth-order valence-corrected chi connectivity index (χ4v) is 15.6. The molecule has 42 heavy (non-hydrogen) atoms. The maximum atomic E-state index is 2.77. The molecule has 5 unspecified atom stereocenters. The third-order valence-corrected chi connectivity index (χ3v) is 15.1. The van der Waals surface area contributed by atoms with Crippen molar-refractivity contribution >= 4 is 23.6 Å². The summed E-state index contributed by atoms with van der Waals surface area (Å²) in [7, 11) is -2.51. The standard InChI is InChI=1S/C37H43Si.3ClH.Ti/c1-24-15-25(2)19-30(18-24)38(31-20-26(3)16-27(4)21-31,32-22-28(5)17-29(6)23-32)37-35-13-9-7-11-33(35)34-12-8-10-14-36(34)37;;;;/h7,9,11,13-23,33-37H,8,10,12H2,1-6H3;3*1H;/q-1;;;;+4/p-3. The topological polar surface area (TPSA) is 0 Å². The van der Waals surface area contributed by atoms with Crippen molar-refractivity contribution in [2.24, 2.45) is 23.7 Å². The van der Waals surface area contributed by atoms with Gasteiger partial charge in [0.05, 0.1) is 0 Å². The van der Waals surface area contributed by atoms with Crippen molar-refractivity contribution in [1.82, 2.24) is 0 Å². The van der Waals surface area contributed by atoms with Crippen LogP contribution in [0.25, 0.3) is 0 Å². The van der Waals surface area contributed by atoms with Crippen LogP contribution in [0.4, 0.5) is 0 Å². The second kappa shape index (κ2) is 14.8. The van der Waals surface area contributed by atoms with Gasteiger partial charge >= 0.3 is 21.7 Å². The van der Waals surface area contributed by atoms with Gasteiger partial charge in [-0.25, -0.2) is 0 Å². The van der Waals surface area contributed by atoms with Gasteiger partial charge in [-0.2, -0.15) is 12.3 Å². The Morgan fingerprint density at radius 3 is 1.36 bits per heavy atom. The smallest absolute Gasteiger partial charge is 1.00 e. The molecule has 3 aromatic rings. The van der Waals surface area contributed by atoms with E-state index in [1.54, 1.807) is 15.6 Å². The maximum absolute atomic E-state index is 2.77. The molecule has 220 valence electrons. The van der Waals surface area contributed by atoms with Crippen LogP contribution >= 0.6 is 0 Å². The molecule has 5 heteroatoms. The fraction of sp³-hybridized carbons (Fsp3) is 0.378. The number of benzene rings is 3. The Labute approximate surface area is 289 Å². The minimum atomic E-state index is -2.51. The number of halogens is 3. The summed E-state index contributed by atoms with van der Waals surface area (Å²) in [5.41, 5.74) is 8.95. The molecule has 0 saturated heterocycles. The molecule has 5 atom stereocenters. The number of hydrogen-bond donors (Lipinski definition) is 0. The van der Waals surface area contributed by atoms with Crippen LogP contribution in [-0.2, 0) is 21.7 Å². The summed E-state index contributed by atoms with van der Waals surface area (Å²) >= 11 is 0. The van der Waals surface area contributed by atoms with E-state index >= 15 is 0 Å². The minimum Gasteiger partial charge on any atom is -1.00 e. The summed E-state index contributed by atoms with van der Waals surface area (Å²) < 4.78 is 0. The van der Waals surface area contributed by atoms with E-state index in [1.807, 2.05) is 0 Å². The first-order chi connectivity index (χ1) is 18.3. The van der Waals surface area contributed by atoms with Crippen LogP contribution in [0.1, 0.15) is 52.6 Å². The zero-order valence-corrected chi connectivity index (χ0v) is 30.6. The van der Waals surface area contributed by atoms with Gasteiger partial charge in [0.25, 0.3) is 0 Å². The van der Waals surface area contributed by atoms with Gasteiger partial charge in [0, 0.05) is 0 Å². The van der Waals surface area contributed by atoms with Crippen LogP contribution in [0.3, 0.4) is 0 Å². The zero-order chi connectivity index (χ0) is 26.6. The van der Waals surface area contributed by atoms with Crippen LogP contribution in [0.5, 0.6) is 0 Å². The molecule has 0 nitrogen and oxygen atoms in total. The van der Waals surface area contributed by atoms with Crippen molar-refractivity contribution in [3.63, 3.8) is 0 Å². The molecule has 0 spiro atoms. The Morgan fingerprint density at radius 1 is 0.571 bits per heavy atom. The molecule has 0 N–H and O–H groups in total. The first kappa shape index (κ1) is 37.1. The quantitative estimate of drug-likeness (QED) is 0.178. The van der Waals surface area contributed by atoms with Crippen LogP contribution in [0.2, 0.25) is 5.54 Å². The van der Waals surface area contributed by atoms with Gasteiger partial charge in [-0.1, -0.05) is 137 Å². The van der Waals surface area contributed by atoms with Gasteiger partial charge in [-0.15, -0.1) is 0 Å². The van der Waals surface area contributed by atoms with Crippen molar-refractivity contribution in [3.05, 3.63) is 119 Å². The maximum Gasteiger partial charge on any atom is 4.00 e. The zero-order valence-electron chi connectivity index (χ0n) is 25.7. The Balaban J connectivity index is 0.00000154. The predicted octanol–water partition coefficient (Wildman–Crippen LogP) is -1.62. The molecule has 3 aliphatic carbocycles. The fourth-order valence-electron chi connectivity index (χ4n) is 8.84. The Kier molecular flexibility index (Phi) is 13.1. The predicted molar refractivity (Wildman–Crippen MR) is 167 cm³/mol. The molecule has 0 radical (unpaired) electrons. The largest absolute Gasteiger partial charge is 4.00 e. The second-order valence-corrected chi connectivity index (χ2v) is 16.8. The summed E-state index contributed by atoms with van der Waals surface area (Å²) in [5.74, 6) is 2.65. The number of fused-ring (bicyclic) bond motifs is 3. The molecule has 2 fully saturated rings. The number of aryl methyl sites for hydroxylation is 6. The van der Waals surface area contributed by atoms with E-state index in [4.69, 9.17) is 0 Å². The van der Waals surface area contributed by atoms with Gasteiger partial charge in [0.2, 0.25) is 0 Å². The van der Waals surface area contributed by atoms with E-state index in [9.17, 15) is 0 Å². The third-order valence-electron chi connectivity index (χ3n) is 9.75. The van der Waals surface area contributed by atoms with E-state index in [0.717, 1.165) is 5.92 Å². The van der Waals surface area contributed by atoms with E-state index in [0.29, 0.717) is 23.3 Å². The number of rotatable bonds is 4. The molecule has 2 saturated carbocycles. The molecule has 6 rings (SSSR count). The van der Waals surface area contributed by atoms with E-state index < -0.39 is 8.07 Å². The van der Waals surface area contributed by atoms with Crippen LogP contribution < -0.4 is 52.8 Å². The molecule has 0 aromatic heterocycles. The Bertz CT molecular complexity index is 1260. The van der Waals surface area contributed by atoms with Crippen molar-refractivity contribution in [1.29, 1.82) is 0 Å². The number of allylic oxidation sites excluding steroid dienone is 4. The van der Waals surface area contributed by atoms with E-state index in [-0.39, 0.29) is 58.9 Å². The summed E-state index contributed by atoms with van der Waals surface area (Å²) in [6.07, 6.45) is 16.6. The van der Waals surface area contributed by atoms with Crippen LogP contribution in [0, 0.1) is 71.6 Å². The average molecular weight is 670 g/mol. The van der Waals surface area contributed by atoms with Gasteiger partial charge in [-0.05, 0) is 68.9 Å². The second-order valence-electron chi connectivity index (χ2n) is 12.8. The first-order valence-electron chi connectivity index (χ1n) is 14.7. The summed E-state index contributed by atoms with van der Waals surface area (Å²) in [4.78, 5) is 0. The molecular formula is C37H43Cl3SiTi. The number of hydrogen-bond acceptors (Lipinski definition) is 0. The summed E-state index contributed by atoms with van der Waals surface area (Å²) in [6.45, 7) is 13.8. The minimum absolute atomic E-state index is 0. The summed E-state index contributed by atoms with van der Waals surface area (Å²) in [6, 6.07) is 22.5.